The molecule has 142 valence electrons. The lowest BCUT2D eigenvalue weighted by Crippen LogP contribution is -2.52. The number of carbonyl (C=O) groups excluding carboxylic acids is 2. The summed E-state index contributed by atoms with van der Waals surface area (Å²) in [5.74, 6) is -0.458. The molecule has 1 aliphatic rings. The van der Waals surface area contributed by atoms with Crippen molar-refractivity contribution in [3.8, 4) is 0 Å². The number of morpholine rings is 1. The van der Waals surface area contributed by atoms with E-state index >= 15 is 0 Å². The first-order valence-corrected chi connectivity index (χ1v) is 9.01. The quantitative estimate of drug-likeness (QED) is 0.824. The van der Waals surface area contributed by atoms with E-state index in [4.69, 9.17) is 9.47 Å². The third-order valence-electron chi connectivity index (χ3n) is 4.59. The minimum Gasteiger partial charge on any atom is -0.467 e. The van der Waals surface area contributed by atoms with E-state index in [2.05, 4.69) is 5.32 Å². The number of benzene rings is 2. The number of hydrogen-bond acceptors (Lipinski definition) is 4. The Hall–Kier alpha value is -2.86. The summed E-state index contributed by atoms with van der Waals surface area (Å²) in [6, 6.07) is 18.3. The first-order chi connectivity index (χ1) is 13.2. The molecule has 0 aliphatic carbocycles. The number of hydrogen-bond donors (Lipinski definition) is 1. The molecular weight excluding hydrogens is 344 g/mol. The van der Waals surface area contributed by atoms with Crippen molar-refractivity contribution in [3.63, 3.8) is 0 Å². The Balaban J connectivity index is 1.65. The number of nitrogens with one attached hydrogen (secondary N) is 1. The fraction of sp³-hybridized carbons (Fsp3) is 0.333. The lowest BCUT2D eigenvalue weighted by Gasteiger charge is -2.34. The van der Waals surface area contributed by atoms with E-state index in [0.29, 0.717) is 26.1 Å². The van der Waals surface area contributed by atoms with Crippen LogP contribution in [0.15, 0.2) is 60.7 Å². The van der Waals surface area contributed by atoms with Crippen molar-refractivity contribution in [1.29, 1.82) is 0 Å². The maximum absolute atomic E-state index is 12.7. The molecule has 0 saturated carbocycles. The molecule has 6 heteroatoms. The van der Waals surface area contributed by atoms with Gasteiger partial charge in [0.25, 0.3) is 0 Å². The number of urea groups is 1. The van der Waals surface area contributed by atoms with Crippen LogP contribution in [-0.4, -0.2) is 49.7 Å². The Kier molecular flexibility index (Phi) is 6.44. The molecule has 2 amide bonds. The summed E-state index contributed by atoms with van der Waals surface area (Å²) in [7, 11) is 1.33. The fourth-order valence-electron chi connectivity index (χ4n) is 3.13. The van der Waals surface area contributed by atoms with Gasteiger partial charge in [-0.15, -0.1) is 0 Å². The Labute approximate surface area is 159 Å². The smallest absolute Gasteiger partial charge is 0.328 e. The zero-order chi connectivity index (χ0) is 19.1. The second kappa shape index (κ2) is 9.19. The fourth-order valence-corrected chi connectivity index (χ4v) is 3.13. The molecule has 0 radical (unpaired) electrons. The Bertz CT molecular complexity index is 751. The lowest BCUT2D eigenvalue weighted by atomic mass is 10.1. The van der Waals surface area contributed by atoms with Gasteiger partial charge in [0, 0.05) is 13.0 Å². The molecule has 1 fully saturated rings. The van der Waals surface area contributed by atoms with E-state index in [1.807, 2.05) is 60.7 Å². The van der Waals surface area contributed by atoms with Gasteiger partial charge in [-0.05, 0) is 11.1 Å². The van der Waals surface area contributed by atoms with Crippen LogP contribution >= 0.6 is 0 Å². The number of rotatable bonds is 5. The molecule has 6 nitrogen and oxygen atoms in total. The molecule has 2 atom stereocenters. The Morgan fingerprint density at radius 3 is 2.48 bits per heavy atom. The van der Waals surface area contributed by atoms with Crippen molar-refractivity contribution in [2.45, 2.75) is 18.6 Å². The second-order valence-electron chi connectivity index (χ2n) is 6.43. The van der Waals surface area contributed by atoms with Crippen LogP contribution in [0.4, 0.5) is 4.79 Å². The zero-order valence-electron chi connectivity index (χ0n) is 15.3. The van der Waals surface area contributed by atoms with Gasteiger partial charge < -0.3 is 19.7 Å². The van der Waals surface area contributed by atoms with Gasteiger partial charge in [0.2, 0.25) is 0 Å². The van der Waals surface area contributed by atoms with Crippen molar-refractivity contribution in [3.05, 3.63) is 71.8 Å². The van der Waals surface area contributed by atoms with Gasteiger partial charge in [-0.3, -0.25) is 0 Å². The molecule has 3 rings (SSSR count). The number of nitrogens with zero attached hydrogens (tertiary/aromatic N) is 1. The molecule has 1 saturated heterocycles. The zero-order valence-corrected chi connectivity index (χ0v) is 15.3. The predicted molar refractivity (Wildman–Crippen MR) is 101 cm³/mol. The first kappa shape index (κ1) is 18.9. The van der Waals surface area contributed by atoms with Crippen molar-refractivity contribution < 1.29 is 19.1 Å². The SMILES string of the molecule is COC(=O)[C@H](Cc1ccccc1)NC(=O)N1CCOC(c2ccccc2)C1. The largest absolute Gasteiger partial charge is 0.467 e. The van der Waals surface area contributed by atoms with Gasteiger partial charge in [0.1, 0.15) is 12.1 Å². The summed E-state index contributed by atoms with van der Waals surface area (Å²) in [5.41, 5.74) is 1.99. The van der Waals surface area contributed by atoms with Crippen LogP contribution in [0.25, 0.3) is 0 Å². The summed E-state index contributed by atoms with van der Waals surface area (Å²) >= 11 is 0. The molecule has 0 aromatic heterocycles. The van der Waals surface area contributed by atoms with Crippen LogP contribution < -0.4 is 5.32 Å². The van der Waals surface area contributed by atoms with Crippen LogP contribution in [0.2, 0.25) is 0 Å². The molecule has 0 bridgehead atoms. The summed E-state index contributed by atoms with van der Waals surface area (Å²) in [4.78, 5) is 26.6. The van der Waals surface area contributed by atoms with Crippen molar-refractivity contribution >= 4 is 12.0 Å². The van der Waals surface area contributed by atoms with Gasteiger partial charge in [-0.2, -0.15) is 0 Å². The number of methoxy groups -OCH3 is 1. The Morgan fingerprint density at radius 2 is 1.81 bits per heavy atom. The molecular formula is C21H24N2O4. The van der Waals surface area contributed by atoms with Crippen molar-refractivity contribution in [1.82, 2.24) is 10.2 Å². The van der Waals surface area contributed by atoms with E-state index in [1.54, 1.807) is 4.90 Å². The van der Waals surface area contributed by atoms with Crippen molar-refractivity contribution in [2.24, 2.45) is 0 Å². The van der Waals surface area contributed by atoms with E-state index < -0.39 is 12.0 Å². The molecule has 2 aromatic rings. The molecule has 0 spiro atoms. The average molecular weight is 368 g/mol. The van der Waals surface area contributed by atoms with E-state index in [0.717, 1.165) is 11.1 Å². The lowest BCUT2D eigenvalue weighted by molar-refractivity contribution is -0.142. The third kappa shape index (κ3) is 5.08. The van der Waals surface area contributed by atoms with Crippen LogP contribution in [-0.2, 0) is 20.7 Å². The van der Waals surface area contributed by atoms with E-state index in [9.17, 15) is 9.59 Å². The minimum absolute atomic E-state index is 0.170. The summed E-state index contributed by atoms with van der Waals surface area (Å²) in [5, 5.41) is 2.81. The molecule has 27 heavy (non-hydrogen) atoms. The summed E-state index contributed by atoms with van der Waals surface area (Å²) < 4.78 is 10.7. The number of esters is 1. The monoisotopic (exact) mass is 368 g/mol. The van der Waals surface area contributed by atoms with Crippen molar-refractivity contribution in [2.75, 3.05) is 26.8 Å². The molecule has 1 N–H and O–H groups in total. The van der Waals surface area contributed by atoms with Gasteiger partial charge in [0.15, 0.2) is 0 Å². The van der Waals surface area contributed by atoms with E-state index in [-0.39, 0.29) is 12.1 Å². The first-order valence-electron chi connectivity index (χ1n) is 9.01. The molecule has 1 aliphatic heterocycles. The van der Waals surface area contributed by atoms with Crippen LogP contribution in [0, 0.1) is 0 Å². The molecule has 1 heterocycles. The maximum atomic E-state index is 12.7. The van der Waals surface area contributed by atoms with Gasteiger partial charge in [-0.25, -0.2) is 9.59 Å². The number of ether oxygens (including phenoxy) is 2. The highest BCUT2D eigenvalue weighted by Crippen LogP contribution is 2.22. The summed E-state index contributed by atoms with van der Waals surface area (Å²) in [6.07, 6.45) is 0.211. The average Bonchev–Trinajstić information content (AvgIpc) is 2.74. The minimum atomic E-state index is -0.733. The van der Waals surface area contributed by atoms with Gasteiger partial charge >= 0.3 is 12.0 Å². The normalized spacial score (nSPS) is 17.8. The van der Waals surface area contributed by atoms with Crippen LogP contribution in [0.3, 0.4) is 0 Å². The Morgan fingerprint density at radius 1 is 1.15 bits per heavy atom. The van der Waals surface area contributed by atoms with Crippen LogP contribution in [0.1, 0.15) is 17.2 Å². The van der Waals surface area contributed by atoms with Gasteiger partial charge in [0.05, 0.1) is 20.3 Å². The highest BCUT2D eigenvalue weighted by Gasteiger charge is 2.29. The topological polar surface area (TPSA) is 67.9 Å². The second-order valence-corrected chi connectivity index (χ2v) is 6.43. The maximum Gasteiger partial charge on any atom is 0.328 e. The highest BCUT2D eigenvalue weighted by atomic mass is 16.5. The third-order valence-corrected chi connectivity index (χ3v) is 4.59. The highest BCUT2D eigenvalue weighted by molar-refractivity contribution is 5.84. The standard InChI is InChI=1S/C21H24N2O4/c1-26-20(24)18(14-16-8-4-2-5-9-16)22-21(25)23-12-13-27-19(15-23)17-10-6-3-7-11-17/h2-11,18-19H,12-15H2,1H3,(H,22,25)/t18-,19?/m0/s1. The predicted octanol–water partition coefficient (Wildman–Crippen LogP) is 2.55. The van der Waals surface area contributed by atoms with Crippen LogP contribution in [0.5, 0.6) is 0 Å². The number of carbonyl (C=O) groups is 2. The van der Waals surface area contributed by atoms with Gasteiger partial charge in [-0.1, -0.05) is 60.7 Å². The molecule has 1 unspecified atom stereocenters. The molecule has 2 aromatic carbocycles. The summed E-state index contributed by atoms with van der Waals surface area (Å²) in [6.45, 7) is 1.37. The van der Waals surface area contributed by atoms with E-state index in [1.165, 1.54) is 7.11 Å². The number of amides is 2.